The highest BCUT2D eigenvalue weighted by molar-refractivity contribution is 6.26. The molecule has 0 N–H and O–H groups in total. The second kappa shape index (κ2) is 10.5. The second-order valence-electron chi connectivity index (χ2n) is 14.0. The highest BCUT2D eigenvalue weighted by atomic mass is 14.4. The van der Waals surface area contributed by atoms with Crippen molar-refractivity contribution in [2.75, 3.05) is 0 Å². The molecule has 10 rings (SSSR count). The van der Waals surface area contributed by atoms with Gasteiger partial charge in [-0.05, 0) is 117 Å². The van der Waals surface area contributed by atoms with Crippen molar-refractivity contribution in [3.05, 3.63) is 181 Å². The van der Waals surface area contributed by atoms with Gasteiger partial charge in [-0.1, -0.05) is 166 Å². The summed E-state index contributed by atoms with van der Waals surface area (Å²) in [6.45, 7) is 4.78. The van der Waals surface area contributed by atoms with Crippen LogP contribution in [0.5, 0.6) is 0 Å². The topological polar surface area (TPSA) is 0 Å². The first-order chi connectivity index (χ1) is 24.1. The minimum absolute atomic E-state index is 0.104. The zero-order valence-corrected chi connectivity index (χ0v) is 27.7. The number of fused-ring (bicyclic) bond motifs is 8. The van der Waals surface area contributed by atoms with Gasteiger partial charge in [0.2, 0.25) is 0 Å². The van der Waals surface area contributed by atoms with Crippen LogP contribution in [0.3, 0.4) is 0 Å². The molecule has 0 unspecified atom stereocenters. The van der Waals surface area contributed by atoms with Crippen molar-refractivity contribution in [1.82, 2.24) is 0 Å². The molecule has 0 fully saturated rings. The maximum atomic E-state index is 2.52. The van der Waals surface area contributed by atoms with E-state index in [1.54, 1.807) is 0 Å². The summed E-state index contributed by atoms with van der Waals surface area (Å²) in [4.78, 5) is 0. The Balaban J connectivity index is 1.35. The van der Waals surface area contributed by atoms with E-state index in [1.807, 2.05) is 0 Å². The van der Waals surface area contributed by atoms with Crippen molar-refractivity contribution in [2.24, 2.45) is 0 Å². The van der Waals surface area contributed by atoms with E-state index in [2.05, 4.69) is 184 Å². The first-order valence-electron chi connectivity index (χ1n) is 17.3. The van der Waals surface area contributed by atoms with Gasteiger partial charge in [0.15, 0.2) is 0 Å². The molecule has 0 saturated heterocycles. The number of benzene rings is 9. The summed E-state index contributed by atoms with van der Waals surface area (Å²) in [5, 5.41) is 10.3. The molecule has 9 aromatic carbocycles. The minimum Gasteiger partial charge on any atom is -0.0622 e. The van der Waals surface area contributed by atoms with E-state index in [0.29, 0.717) is 0 Å². The molecule has 1 aliphatic carbocycles. The van der Waals surface area contributed by atoms with E-state index in [9.17, 15) is 0 Å². The molecule has 9 aromatic rings. The summed E-state index contributed by atoms with van der Waals surface area (Å²) >= 11 is 0. The van der Waals surface area contributed by atoms with Crippen molar-refractivity contribution in [2.45, 2.75) is 19.3 Å². The average Bonchev–Trinajstić information content (AvgIpc) is 3.39. The van der Waals surface area contributed by atoms with Gasteiger partial charge in [-0.25, -0.2) is 0 Å². The highest BCUT2D eigenvalue weighted by Gasteiger charge is 2.37. The van der Waals surface area contributed by atoms with Crippen LogP contribution in [0.15, 0.2) is 170 Å². The van der Waals surface area contributed by atoms with E-state index in [-0.39, 0.29) is 5.41 Å². The Labute approximate surface area is 286 Å². The first-order valence-corrected chi connectivity index (χ1v) is 17.3. The Bertz CT molecular complexity index is 2720. The Morgan fingerprint density at radius 2 is 0.776 bits per heavy atom. The summed E-state index contributed by atoms with van der Waals surface area (Å²) in [5.74, 6) is 0. The molecule has 0 amide bonds. The molecule has 0 spiro atoms. The average molecular weight is 623 g/mol. The molecule has 49 heavy (non-hydrogen) atoms. The third kappa shape index (κ3) is 4.04. The summed E-state index contributed by atoms with van der Waals surface area (Å²) in [7, 11) is 0. The van der Waals surface area contributed by atoms with Gasteiger partial charge < -0.3 is 0 Å². The predicted molar refractivity (Wildman–Crippen MR) is 210 cm³/mol. The molecule has 1 aliphatic rings. The van der Waals surface area contributed by atoms with E-state index in [4.69, 9.17) is 0 Å². The smallest absolute Gasteiger partial charge is 0.0159 e. The molecule has 0 heteroatoms. The van der Waals surface area contributed by atoms with Gasteiger partial charge >= 0.3 is 0 Å². The highest BCUT2D eigenvalue weighted by Crippen LogP contribution is 2.55. The largest absolute Gasteiger partial charge is 0.0622 e. The van der Waals surface area contributed by atoms with Crippen LogP contribution in [0.2, 0.25) is 0 Å². The molecule has 230 valence electrons. The van der Waals surface area contributed by atoms with Crippen LogP contribution in [-0.2, 0) is 5.41 Å². The third-order valence-corrected chi connectivity index (χ3v) is 11.0. The first kappa shape index (κ1) is 28.1. The third-order valence-electron chi connectivity index (χ3n) is 11.0. The number of rotatable bonds is 3. The summed E-state index contributed by atoms with van der Waals surface area (Å²) < 4.78 is 0. The normalized spacial score (nSPS) is 13.3. The zero-order chi connectivity index (χ0) is 32.7. The summed E-state index contributed by atoms with van der Waals surface area (Å²) in [5.41, 5.74) is 13.1. The van der Waals surface area contributed by atoms with E-state index < -0.39 is 0 Å². The molecule has 0 bridgehead atoms. The maximum absolute atomic E-state index is 2.52. The van der Waals surface area contributed by atoms with Crippen molar-refractivity contribution < 1.29 is 0 Å². The Kier molecular flexibility index (Phi) is 6.02. The molecular weight excluding hydrogens is 589 g/mol. The lowest BCUT2D eigenvalue weighted by molar-refractivity contribution is 0.661. The van der Waals surface area contributed by atoms with Gasteiger partial charge in [0.1, 0.15) is 0 Å². The maximum Gasteiger partial charge on any atom is 0.0159 e. The predicted octanol–water partition coefficient (Wildman–Crippen LogP) is 13.6. The van der Waals surface area contributed by atoms with Crippen molar-refractivity contribution in [3.8, 4) is 44.5 Å². The molecular formula is C49H34. The van der Waals surface area contributed by atoms with Crippen molar-refractivity contribution >= 4 is 43.1 Å². The Morgan fingerprint density at radius 1 is 0.306 bits per heavy atom. The monoisotopic (exact) mass is 622 g/mol. The second-order valence-corrected chi connectivity index (χ2v) is 14.0. The van der Waals surface area contributed by atoms with Crippen LogP contribution in [0.25, 0.3) is 87.6 Å². The summed E-state index contributed by atoms with van der Waals surface area (Å²) in [6, 6.07) is 63.1. The quantitative estimate of drug-likeness (QED) is 0.172. The minimum atomic E-state index is -0.104. The Hall–Kier alpha value is -5.98. The standard InChI is InChI=1S/C49H34/c1-49(2)44-27-15-14-26-41(44)48-36-21-9-8-20-35(36)43(30-45(48)49)47-39-24-12-10-22-37(39)46(38-23-11-13-25-40(38)47)42-29-33(31-16-4-3-5-17-31)28-32-18-6-7-19-34(32)42/h3-30H,1-2H3. The lowest BCUT2D eigenvalue weighted by Gasteiger charge is -2.24. The fraction of sp³-hybridized carbons (Fsp3) is 0.0612. The van der Waals surface area contributed by atoms with Crippen molar-refractivity contribution in [1.29, 1.82) is 0 Å². The molecule has 0 heterocycles. The Morgan fingerprint density at radius 3 is 1.41 bits per heavy atom. The lowest BCUT2D eigenvalue weighted by atomic mass is 9.78. The van der Waals surface area contributed by atoms with E-state index in [1.165, 1.54) is 98.7 Å². The molecule has 0 aromatic heterocycles. The van der Waals surface area contributed by atoms with Gasteiger partial charge in [-0.15, -0.1) is 0 Å². The van der Waals surface area contributed by atoms with Gasteiger partial charge in [-0.2, -0.15) is 0 Å². The molecule has 0 nitrogen and oxygen atoms in total. The van der Waals surface area contributed by atoms with Crippen LogP contribution < -0.4 is 0 Å². The molecule has 0 aliphatic heterocycles. The number of hydrogen-bond acceptors (Lipinski definition) is 0. The summed E-state index contributed by atoms with van der Waals surface area (Å²) in [6.07, 6.45) is 0. The molecule has 0 radical (unpaired) electrons. The van der Waals surface area contributed by atoms with Gasteiger partial charge in [0.05, 0.1) is 0 Å². The van der Waals surface area contributed by atoms with E-state index in [0.717, 1.165) is 0 Å². The molecule has 0 atom stereocenters. The van der Waals surface area contributed by atoms with Crippen molar-refractivity contribution in [3.63, 3.8) is 0 Å². The lowest BCUT2D eigenvalue weighted by Crippen LogP contribution is -2.15. The van der Waals surface area contributed by atoms with Crippen LogP contribution >= 0.6 is 0 Å². The zero-order valence-electron chi connectivity index (χ0n) is 27.7. The van der Waals surface area contributed by atoms with Crippen LogP contribution in [-0.4, -0.2) is 0 Å². The number of hydrogen-bond donors (Lipinski definition) is 0. The fourth-order valence-electron chi connectivity index (χ4n) is 8.78. The van der Waals surface area contributed by atoms with E-state index >= 15 is 0 Å². The van der Waals surface area contributed by atoms with Crippen LogP contribution in [0.1, 0.15) is 25.0 Å². The molecule has 0 saturated carbocycles. The van der Waals surface area contributed by atoms with Crippen LogP contribution in [0.4, 0.5) is 0 Å². The van der Waals surface area contributed by atoms with Gasteiger partial charge in [0, 0.05) is 5.41 Å². The van der Waals surface area contributed by atoms with Gasteiger partial charge in [0.25, 0.3) is 0 Å². The van der Waals surface area contributed by atoms with Gasteiger partial charge in [-0.3, -0.25) is 0 Å². The SMILES string of the molecule is CC1(C)c2ccccc2-c2c1cc(-c1c3ccccc3c(-c3cc(-c4ccccc4)cc4ccccc34)c3ccccc13)c1ccccc21. The fourth-order valence-corrected chi connectivity index (χ4v) is 8.78. The van der Waals surface area contributed by atoms with Crippen LogP contribution in [0, 0.1) is 0 Å².